The van der Waals surface area contributed by atoms with E-state index >= 15 is 0 Å². The summed E-state index contributed by atoms with van der Waals surface area (Å²) in [6.07, 6.45) is 1.60. The molecule has 1 atom stereocenters. The van der Waals surface area contributed by atoms with Crippen molar-refractivity contribution >= 4 is 5.91 Å². The molecule has 0 aromatic carbocycles. The van der Waals surface area contributed by atoms with Crippen molar-refractivity contribution in [2.45, 2.75) is 19.9 Å². The van der Waals surface area contributed by atoms with Crippen molar-refractivity contribution in [2.24, 2.45) is 0 Å². The van der Waals surface area contributed by atoms with Crippen LogP contribution in [-0.4, -0.2) is 31.1 Å². The standard InChI is InChI=1S/C11H17NO3/c1-4-14-8-11(13)12(3)9(2)10-6-5-7-15-10/h5-7,9H,4,8H2,1-3H3. The molecule has 1 aromatic heterocycles. The fourth-order valence-corrected chi connectivity index (χ4v) is 1.23. The number of hydrogen-bond donors (Lipinski definition) is 0. The summed E-state index contributed by atoms with van der Waals surface area (Å²) >= 11 is 0. The topological polar surface area (TPSA) is 42.7 Å². The number of nitrogens with zero attached hydrogens (tertiary/aromatic N) is 1. The van der Waals surface area contributed by atoms with Crippen LogP contribution in [0.1, 0.15) is 25.6 Å². The molecule has 0 radical (unpaired) electrons. The minimum Gasteiger partial charge on any atom is -0.467 e. The van der Waals surface area contributed by atoms with Crippen LogP contribution >= 0.6 is 0 Å². The molecule has 0 aliphatic carbocycles. The molecule has 4 heteroatoms. The Labute approximate surface area is 89.8 Å². The lowest BCUT2D eigenvalue weighted by Gasteiger charge is -2.23. The molecule has 0 saturated carbocycles. The highest BCUT2D eigenvalue weighted by atomic mass is 16.5. The van der Waals surface area contributed by atoms with Crippen LogP contribution < -0.4 is 0 Å². The van der Waals surface area contributed by atoms with E-state index in [1.165, 1.54) is 0 Å². The van der Waals surface area contributed by atoms with Crippen LogP contribution in [0.5, 0.6) is 0 Å². The number of furan rings is 1. The molecule has 4 nitrogen and oxygen atoms in total. The van der Waals surface area contributed by atoms with Crippen LogP contribution in [0.3, 0.4) is 0 Å². The predicted molar refractivity (Wildman–Crippen MR) is 56.4 cm³/mol. The molecule has 84 valence electrons. The van der Waals surface area contributed by atoms with Gasteiger partial charge < -0.3 is 14.1 Å². The average molecular weight is 211 g/mol. The molecule has 0 fully saturated rings. The quantitative estimate of drug-likeness (QED) is 0.746. The van der Waals surface area contributed by atoms with Gasteiger partial charge in [0.15, 0.2) is 0 Å². The van der Waals surface area contributed by atoms with Crippen LogP contribution in [0.15, 0.2) is 22.8 Å². The normalized spacial score (nSPS) is 12.5. The van der Waals surface area contributed by atoms with Crippen LogP contribution in [0, 0.1) is 0 Å². The fourth-order valence-electron chi connectivity index (χ4n) is 1.23. The molecule has 1 unspecified atom stereocenters. The van der Waals surface area contributed by atoms with Crippen LogP contribution in [0.2, 0.25) is 0 Å². The summed E-state index contributed by atoms with van der Waals surface area (Å²) < 4.78 is 10.3. The maximum Gasteiger partial charge on any atom is 0.248 e. The molecule has 0 bridgehead atoms. The number of hydrogen-bond acceptors (Lipinski definition) is 3. The van der Waals surface area contributed by atoms with E-state index in [0.29, 0.717) is 6.61 Å². The third-order valence-electron chi connectivity index (χ3n) is 2.36. The molecule has 1 aromatic rings. The molecule has 15 heavy (non-hydrogen) atoms. The van der Waals surface area contributed by atoms with Crippen molar-refractivity contribution in [3.05, 3.63) is 24.2 Å². The second-order valence-electron chi connectivity index (χ2n) is 3.33. The fraction of sp³-hybridized carbons (Fsp3) is 0.545. The lowest BCUT2D eigenvalue weighted by atomic mass is 10.2. The number of amides is 1. The van der Waals surface area contributed by atoms with Crippen molar-refractivity contribution in [2.75, 3.05) is 20.3 Å². The van der Waals surface area contributed by atoms with Crippen molar-refractivity contribution in [3.8, 4) is 0 Å². The zero-order valence-electron chi connectivity index (χ0n) is 9.40. The Kier molecular flexibility index (Phi) is 4.37. The van der Waals surface area contributed by atoms with Gasteiger partial charge in [-0.25, -0.2) is 0 Å². The zero-order chi connectivity index (χ0) is 11.3. The molecule has 0 saturated heterocycles. The van der Waals surface area contributed by atoms with Crippen LogP contribution in [-0.2, 0) is 9.53 Å². The van der Waals surface area contributed by atoms with Gasteiger partial charge in [-0.15, -0.1) is 0 Å². The van der Waals surface area contributed by atoms with Gasteiger partial charge in [-0.3, -0.25) is 4.79 Å². The Balaban J connectivity index is 2.52. The SMILES string of the molecule is CCOCC(=O)N(C)C(C)c1ccco1. The first-order valence-corrected chi connectivity index (χ1v) is 5.03. The van der Waals surface area contributed by atoms with Gasteiger partial charge in [-0.05, 0) is 26.0 Å². The van der Waals surface area contributed by atoms with Gasteiger partial charge in [0, 0.05) is 13.7 Å². The highest BCUT2D eigenvalue weighted by Gasteiger charge is 2.18. The highest BCUT2D eigenvalue weighted by molar-refractivity contribution is 5.77. The minimum absolute atomic E-state index is 0.0410. The molecular weight excluding hydrogens is 194 g/mol. The van der Waals surface area contributed by atoms with Crippen molar-refractivity contribution < 1.29 is 13.9 Å². The van der Waals surface area contributed by atoms with E-state index in [-0.39, 0.29) is 18.6 Å². The first-order chi connectivity index (χ1) is 7.16. The van der Waals surface area contributed by atoms with Crippen LogP contribution in [0.25, 0.3) is 0 Å². The van der Waals surface area contributed by atoms with Crippen molar-refractivity contribution in [1.29, 1.82) is 0 Å². The smallest absolute Gasteiger partial charge is 0.248 e. The van der Waals surface area contributed by atoms with Gasteiger partial charge >= 0.3 is 0 Å². The molecule has 0 aliphatic heterocycles. The number of rotatable bonds is 5. The summed E-state index contributed by atoms with van der Waals surface area (Å²) in [6.45, 7) is 4.46. The predicted octanol–water partition coefficient (Wildman–Crippen LogP) is 1.84. The number of carbonyl (C=O) groups excluding carboxylic acids is 1. The van der Waals surface area contributed by atoms with E-state index in [2.05, 4.69) is 0 Å². The maximum absolute atomic E-state index is 11.6. The first kappa shape index (κ1) is 11.8. The molecule has 0 spiro atoms. The van der Waals surface area contributed by atoms with Gasteiger partial charge in [-0.1, -0.05) is 0 Å². The monoisotopic (exact) mass is 211 g/mol. The molecule has 1 rings (SSSR count). The zero-order valence-corrected chi connectivity index (χ0v) is 9.40. The van der Waals surface area contributed by atoms with Gasteiger partial charge in [0.2, 0.25) is 5.91 Å². The Hall–Kier alpha value is -1.29. The Morgan fingerprint density at radius 3 is 2.93 bits per heavy atom. The number of carbonyl (C=O) groups is 1. The van der Waals surface area contributed by atoms with E-state index in [1.54, 1.807) is 18.2 Å². The number of likely N-dealkylation sites (N-methyl/N-ethyl adjacent to an activating group) is 1. The van der Waals surface area contributed by atoms with Gasteiger partial charge in [-0.2, -0.15) is 0 Å². The molecule has 1 heterocycles. The molecular formula is C11H17NO3. The molecule has 0 N–H and O–H groups in total. The highest BCUT2D eigenvalue weighted by Crippen LogP contribution is 2.18. The Morgan fingerprint density at radius 1 is 1.67 bits per heavy atom. The van der Waals surface area contributed by atoms with Gasteiger partial charge in [0.05, 0.1) is 12.3 Å². The summed E-state index contributed by atoms with van der Waals surface area (Å²) in [5.74, 6) is 0.739. The third-order valence-corrected chi connectivity index (χ3v) is 2.36. The van der Waals surface area contributed by atoms with Crippen molar-refractivity contribution in [1.82, 2.24) is 4.90 Å². The minimum atomic E-state index is -0.0621. The van der Waals surface area contributed by atoms with E-state index in [4.69, 9.17) is 9.15 Å². The second-order valence-corrected chi connectivity index (χ2v) is 3.33. The van der Waals surface area contributed by atoms with E-state index in [1.807, 2.05) is 26.0 Å². The maximum atomic E-state index is 11.6. The summed E-state index contributed by atoms with van der Waals surface area (Å²) in [7, 11) is 1.74. The van der Waals surface area contributed by atoms with E-state index < -0.39 is 0 Å². The summed E-state index contributed by atoms with van der Waals surface area (Å²) in [6, 6.07) is 3.61. The van der Waals surface area contributed by atoms with Crippen molar-refractivity contribution in [3.63, 3.8) is 0 Å². The van der Waals surface area contributed by atoms with Crippen LogP contribution in [0.4, 0.5) is 0 Å². The lowest BCUT2D eigenvalue weighted by molar-refractivity contribution is -0.136. The van der Waals surface area contributed by atoms with Gasteiger partial charge in [0.1, 0.15) is 12.4 Å². The number of ether oxygens (including phenoxy) is 1. The molecule has 0 aliphatic rings. The Bertz CT molecular complexity index is 295. The second kappa shape index (κ2) is 5.56. The molecule has 1 amide bonds. The first-order valence-electron chi connectivity index (χ1n) is 5.03. The van der Waals surface area contributed by atoms with Gasteiger partial charge in [0.25, 0.3) is 0 Å². The Morgan fingerprint density at radius 2 is 2.40 bits per heavy atom. The average Bonchev–Trinajstić information content (AvgIpc) is 2.77. The van der Waals surface area contributed by atoms with E-state index in [0.717, 1.165) is 5.76 Å². The lowest BCUT2D eigenvalue weighted by Crippen LogP contribution is -2.32. The summed E-state index contributed by atoms with van der Waals surface area (Å²) in [5, 5.41) is 0. The van der Waals surface area contributed by atoms with E-state index in [9.17, 15) is 4.79 Å². The summed E-state index contributed by atoms with van der Waals surface area (Å²) in [5.41, 5.74) is 0. The summed E-state index contributed by atoms with van der Waals surface area (Å²) in [4.78, 5) is 13.2. The largest absolute Gasteiger partial charge is 0.467 e. The third kappa shape index (κ3) is 3.09.